The lowest BCUT2D eigenvalue weighted by Crippen LogP contribution is -2.50. The Bertz CT molecular complexity index is 626. The van der Waals surface area contributed by atoms with Gasteiger partial charge in [-0.05, 0) is 110 Å². The van der Waals surface area contributed by atoms with Crippen LogP contribution in [0.1, 0.15) is 119 Å². The summed E-state index contributed by atoms with van der Waals surface area (Å²) in [5.41, 5.74) is 3.06. The fraction of sp³-hybridized carbons (Fsp3) is 0.933. The van der Waals surface area contributed by atoms with E-state index in [0.29, 0.717) is 10.8 Å². The first-order valence-corrected chi connectivity index (χ1v) is 13.9. The summed E-state index contributed by atoms with van der Waals surface area (Å²) in [5.74, 6) is 7.57. The SMILES string of the molecule is CC(C)CCCC(C)[C@H]1CC[C@H]2[C@@H]3CC=C4C[C@@H](C(C)C)CC[C@]4(C)[C@H]3CC[C@]12C. The van der Waals surface area contributed by atoms with Crippen molar-refractivity contribution in [2.24, 2.45) is 58.2 Å². The van der Waals surface area contributed by atoms with Crippen LogP contribution in [-0.4, -0.2) is 0 Å². The van der Waals surface area contributed by atoms with Crippen molar-refractivity contribution in [3.05, 3.63) is 11.6 Å². The Balaban J connectivity index is 1.48. The zero-order chi connectivity index (χ0) is 21.7. The fourth-order valence-electron chi connectivity index (χ4n) is 9.28. The predicted molar refractivity (Wildman–Crippen MR) is 131 cm³/mol. The van der Waals surface area contributed by atoms with Crippen molar-refractivity contribution in [2.45, 2.75) is 119 Å². The van der Waals surface area contributed by atoms with Gasteiger partial charge in [-0.1, -0.05) is 79.4 Å². The van der Waals surface area contributed by atoms with Crippen molar-refractivity contribution >= 4 is 0 Å². The Morgan fingerprint density at radius 2 is 1.67 bits per heavy atom. The summed E-state index contributed by atoms with van der Waals surface area (Å²) in [4.78, 5) is 0. The quantitative estimate of drug-likeness (QED) is 0.381. The summed E-state index contributed by atoms with van der Waals surface area (Å²) in [7, 11) is 0. The van der Waals surface area contributed by atoms with Gasteiger partial charge in [-0.3, -0.25) is 0 Å². The molecule has 0 nitrogen and oxygen atoms in total. The first-order valence-electron chi connectivity index (χ1n) is 13.9. The molecular formula is C30H52. The molecule has 3 saturated carbocycles. The van der Waals surface area contributed by atoms with Crippen LogP contribution in [0, 0.1) is 58.2 Å². The van der Waals surface area contributed by atoms with E-state index in [2.05, 4.69) is 54.5 Å². The molecule has 0 heteroatoms. The van der Waals surface area contributed by atoms with Crippen molar-refractivity contribution < 1.29 is 0 Å². The molecular weight excluding hydrogens is 360 g/mol. The molecule has 4 aliphatic rings. The van der Waals surface area contributed by atoms with Gasteiger partial charge in [-0.25, -0.2) is 0 Å². The summed E-state index contributed by atoms with van der Waals surface area (Å²) in [6, 6.07) is 0. The van der Waals surface area contributed by atoms with E-state index in [-0.39, 0.29) is 0 Å². The average Bonchev–Trinajstić information content (AvgIpc) is 3.04. The molecule has 0 heterocycles. The van der Waals surface area contributed by atoms with Gasteiger partial charge in [0.05, 0.1) is 0 Å². The highest BCUT2D eigenvalue weighted by molar-refractivity contribution is 5.25. The maximum Gasteiger partial charge on any atom is -0.00851 e. The molecule has 4 rings (SSSR count). The molecule has 3 fully saturated rings. The average molecular weight is 413 g/mol. The molecule has 0 aromatic heterocycles. The molecule has 0 radical (unpaired) electrons. The van der Waals surface area contributed by atoms with Crippen LogP contribution >= 0.6 is 0 Å². The second-order valence-electron chi connectivity index (χ2n) is 13.5. The van der Waals surface area contributed by atoms with Gasteiger partial charge in [0.25, 0.3) is 0 Å². The van der Waals surface area contributed by atoms with Gasteiger partial charge in [0.2, 0.25) is 0 Å². The van der Waals surface area contributed by atoms with Crippen molar-refractivity contribution in [2.75, 3.05) is 0 Å². The van der Waals surface area contributed by atoms with E-state index in [9.17, 15) is 0 Å². The standard InChI is InChI=1S/C30H52/c1-20(2)9-8-10-22(5)26-13-14-27-25-12-11-24-19-23(21(3)4)15-17-29(24,6)28(25)16-18-30(26,27)7/h11,20-23,25-28H,8-10,12-19H2,1-7H3/t22?,23-,25-,26+,27-,28-,29-,30+/m0/s1. The van der Waals surface area contributed by atoms with Crippen LogP contribution in [0.3, 0.4) is 0 Å². The second kappa shape index (κ2) is 8.59. The highest BCUT2D eigenvalue weighted by Crippen LogP contribution is 2.67. The van der Waals surface area contributed by atoms with Crippen LogP contribution in [0.5, 0.6) is 0 Å². The van der Waals surface area contributed by atoms with Crippen LogP contribution < -0.4 is 0 Å². The van der Waals surface area contributed by atoms with Crippen molar-refractivity contribution in [3.8, 4) is 0 Å². The molecule has 0 aromatic carbocycles. The number of rotatable bonds is 6. The van der Waals surface area contributed by atoms with E-state index < -0.39 is 0 Å². The van der Waals surface area contributed by atoms with E-state index in [1.165, 1.54) is 70.6 Å². The zero-order valence-corrected chi connectivity index (χ0v) is 21.5. The highest BCUT2D eigenvalue weighted by atomic mass is 14.6. The fourth-order valence-corrected chi connectivity index (χ4v) is 9.28. The number of hydrogen-bond donors (Lipinski definition) is 0. The Hall–Kier alpha value is -0.260. The molecule has 1 unspecified atom stereocenters. The molecule has 0 spiro atoms. The molecule has 0 N–H and O–H groups in total. The van der Waals surface area contributed by atoms with Gasteiger partial charge in [-0.2, -0.15) is 0 Å². The van der Waals surface area contributed by atoms with Gasteiger partial charge in [0.1, 0.15) is 0 Å². The largest absolute Gasteiger partial charge is 0.0845 e. The third kappa shape index (κ3) is 3.85. The number of allylic oxidation sites excluding steroid dienone is 2. The monoisotopic (exact) mass is 412 g/mol. The summed E-state index contributed by atoms with van der Waals surface area (Å²) in [6.07, 6.45) is 19.0. The maximum atomic E-state index is 2.78. The summed E-state index contributed by atoms with van der Waals surface area (Å²) < 4.78 is 0. The van der Waals surface area contributed by atoms with E-state index >= 15 is 0 Å². The minimum Gasteiger partial charge on any atom is -0.0845 e. The van der Waals surface area contributed by atoms with Crippen LogP contribution in [0.25, 0.3) is 0 Å². The maximum absolute atomic E-state index is 2.78. The highest BCUT2D eigenvalue weighted by Gasteiger charge is 2.59. The molecule has 0 saturated heterocycles. The van der Waals surface area contributed by atoms with E-state index in [4.69, 9.17) is 0 Å². The molecule has 0 aliphatic heterocycles. The van der Waals surface area contributed by atoms with Crippen LogP contribution in [-0.2, 0) is 0 Å². The lowest BCUT2D eigenvalue weighted by Gasteiger charge is -2.59. The summed E-state index contributed by atoms with van der Waals surface area (Å²) in [6.45, 7) is 17.7. The predicted octanol–water partition coefficient (Wildman–Crippen LogP) is 9.30. The Morgan fingerprint density at radius 3 is 2.37 bits per heavy atom. The van der Waals surface area contributed by atoms with Gasteiger partial charge in [-0.15, -0.1) is 0 Å². The zero-order valence-electron chi connectivity index (χ0n) is 21.5. The van der Waals surface area contributed by atoms with Gasteiger partial charge in [0, 0.05) is 0 Å². The molecule has 0 aromatic rings. The van der Waals surface area contributed by atoms with E-state index in [1.54, 1.807) is 0 Å². The Morgan fingerprint density at radius 1 is 0.900 bits per heavy atom. The van der Waals surface area contributed by atoms with E-state index in [0.717, 1.165) is 47.3 Å². The minimum atomic E-state index is 0.538. The topological polar surface area (TPSA) is 0 Å². The third-order valence-corrected chi connectivity index (χ3v) is 11.3. The van der Waals surface area contributed by atoms with Crippen molar-refractivity contribution in [1.29, 1.82) is 0 Å². The first-order chi connectivity index (χ1) is 14.2. The Kier molecular flexibility index (Phi) is 6.56. The van der Waals surface area contributed by atoms with Crippen LogP contribution in [0.2, 0.25) is 0 Å². The Labute approximate surface area is 189 Å². The molecule has 30 heavy (non-hydrogen) atoms. The van der Waals surface area contributed by atoms with Gasteiger partial charge >= 0.3 is 0 Å². The number of hydrogen-bond acceptors (Lipinski definition) is 0. The molecule has 172 valence electrons. The lowest BCUT2D eigenvalue weighted by atomic mass is 9.46. The minimum absolute atomic E-state index is 0.538. The van der Waals surface area contributed by atoms with Gasteiger partial charge in [0.15, 0.2) is 0 Å². The molecule has 0 bridgehead atoms. The first kappa shape index (κ1) is 22.9. The smallest absolute Gasteiger partial charge is 0.00851 e. The molecule has 4 aliphatic carbocycles. The molecule has 0 amide bonds. The third-order valence-electron chi connectivity index (χ3n) is 11.3. The lowest BCUT2D eigenvalue weighted by molar-refractivity contribution is -0.0538. The summed E-state index contributed by atoms with van der Waals surface area (Å²) in [5, 5.41) is 0. The normalized spacial score (nSPS) is 44.4. The van der Waals surface area contributed by atoms with Crippen molar-refractivity contribution in [3.63, 3.8) is 0 Å². The summed E-state index contributed by atoms with van der Waals surface area (Å²) >= 11 is 0. The van der Waals surface area contributed by atoms with E-state index in [1.807, 2.05) is 5.57 Å². The number of fused-ring (bicyclic) bond motifs is 5. The van der Waals surface area contributed by atoms with Gasteiger partial charge < -0.3 is 0 Å². The molecule has 8 atom stereocenters. The second-order valence-corrected chi connectivity index (χ2v) is 13.5. The van der Waals surface area contributed by atoms with Crippen LogP contribution in [0.4, 0.5) is 0 Å². The van der Waals surface area contributed by atoms with Crippen LogP contribution in [0.15, 0.2) is 11.6 Å². The van der Waals surface area contributed by atoms with Crippen molar-refractivity contribution in [1.82, 2.24) is 0 Å².